The summed E-state index contributed by atoms with van der Waals surface area (Å²) in [6.45, 7) is 5.98. The van der Waals surface area contributed by atoms with Crippen LogP contribution in [0.1, 0.15) is 23.6 Å². The minimum absolute atomic E-state index is 0.253. The van der Waals surface area contributed by atoms with Crippen LogP contribution in [0.25, 0.3) is 0 Å². The van der Waals surface area contributed by atoms with Gasteiger partial charge in [0.2, 0.25) is 15.9 Å². The van der Waals surface area contributed by atoms with Gasteiger partial charge in [-0.1, -0.05) is 47.5 Å². The van der Waals surface area contributed by atoms with Crippen LogP contribution in [0.5, 0.6) is 0 Å². The fourth-order valence-electron chi connectivity index (χ4n) is 2.86. The van der Waals surface area contributed by atoms with E-state index in [1.807, 2.05) is 50.2 Å². The zero-order chi connectivity index (χ0) is 19.5. The molecule has 26 heavy (non-hydrogen) atoms. The Morgan fingerprint density at radius 1 is 0.962 bits per heavy atom. The van der Waals surface area contributed by atoms with Crippen LogP contribution in [0.2, 0.25) is 0 Å². The number of carbonyl (C=O) groups excluding carboxylic acids is 1. The average Bonchev–Trinajstić information content (AvgIpc) is 2.57. The lowest BCUT2D eigenvalue weighted by atomic mass is 10.1. The molecule has 0 heterocycles. The van der Waals surface area contributed by atoms with Crippen LogP contribution in [0, 0.1) is 13.8 Å². The first-order chi connectivity index (χ1) is 12.1. The summed E-state index contributed by atoms with van der Waals surface area (Å²) >= 11 is 0. The number of benzene rings is 2. The Balaban J connectivity index is 2.23. The SMILES string of the molecule is Cc1ccc(CN(C)C(=O)[C@H](C)N(c2ccc(C)cc2)S(C)(=O)=O)cc1. The molecule has 0 aliphatic rings. The lowest BCUT2D eigenvalue weighted by Crippen LogP contribution is -2.48. The van der Waals surface area contributed by atoms with Crippen LogP contribution >= 0.6 is 0 Å². The average molecular weight is 375 g/mol. The summed E-state index contributed by atoms with van der Waals surface area (Å²) in [6.07, 6.45) is 1.12. The van der Waals surface area contributed by atoms with Gasteiger partial charge >= 0.3 is 0 Å². The summed E-state index contributed by atoms with van der Waals surface area (Å²) < 4.78 is 25.9. The Kier molecular flexibility index (Phi) is 6.08. The fraction of sp³-hybridized carbons (Fsp3) is 0.350. The van der Waals surface area contributed by atoms with Gasteiger partial charge < -0.3 is 4.90 Å². The molecule has 1 atom stereocenters. The molecule has 2 aromatic rings. The Morgan fingerprint density at radius 3 is 1.88 bits per heavy atom. The van der Waals surface area contributed by atoms with Gasteiger partial charge in [0.25, 0.3) is 0 Å². The first kappa shape index (κ1) is 20.0. The Morgan fingerprint density at radius 2 is 1.42 bits per heavy atom. The molecule has 0 saturated carbocycles. The van der Waals surface area contributed by atoms with Crippen LogP contribution in [0.15, 0.2) is 48.5 Å². The third-order valence-corrected chi connectivity index (χ3v) is 5.51. The molecule has 2 aromatic carbocycles. The third kappa shape index (κ3) is 4.85. The van der Waals surface area contributed by atoms with E-state index in [0.29, 0.717) is 12.2 Å². The van der Waals surface area contributed by atoms with Gasteiger partial charge in [0, 0.05) is 13.6 Å². The Hall–Kier alpha value is -2.34. The number of hydrogen-bond acceptors (Lipinski definition) is 3. The van der Waals surface area contributed by atoms with Crippen LogP contribution in [-0.4, -0.2) is 38.6 Å². The highest BCUT2D eigenvalue weighted by atomic mass is 32.2. The maximum atomic E-state index is 12.9. The van der Waals surface area contributed by atoms with Crippen molar-refractivity contribution >= 4 is 21.6 Å². The largest absolute Gasteiger partial charge is 0.340 e. The summed E-state index contributed by atoms with van der Waals surface area (Å²) in [4.78, 5) is 14.4. The molecule has 1 amide bonds. The van der Waals surface area contributed by atoms with Gasteiger partial charge in [0.15, 0.2) is 0 Å². The van der Waals surface area contributed by atoms with E-state index >= 15 is 0 Å². The second-order valence-electron chi connectivity index (χ2n) is 6.75. The van der Waals surface area contributed by atoms with E-state index in [0.717, 1.165) is 22.9 Å². The maximum Gasteiger partial charge on any atom is 0.246 e. The van der Waals surface area contributed by atoms with Crippen molar-refractivity contribution < 1.29 is 13.2 Å². The second kappa shape index (κ2) is 7.91. The molecular weight excluding hydrogens is 348 g/mol. The summed E-state index contributed by atoms with van der Waals surface area (Å²) in [5.74, 6) is -0.253. The molecule has 0 saturated heterocycles. The van der Waals surface area contributed by atoms with E-state index in [9.17, 15) is 13.2 Å². The highest BCUT2D eigenvalue weighted by Crippen LogP contribution is 2.22. The lowest BCUT2D eigenvalue weighted by molar-refractivity contribution is -0.131. The first-order valence-corrected chi connectivity index (χ1v) is 10.3. The van der Waals surface area contributed by atoms with Gasteiger partial charge in [-0.3, -0.25) is 9.10 Å². The molecule has 0 bridgehead atoms. The second-order valence-corrected chi connectivity index (χ2v) is 8.61. The molecule has 0 radical (unpaired) electrons. The summed E-state index contributed by atoms with van der Waals surface area (Å²) in [5, 5.41) is 0. The van der Waals surface area contributed by atoms with E-state index in [1.54, 1.807) is 31.0 Å². The monoisotopic (exact) mass is 374 g/mol. The highest BCUT2D eigenvalue weighted by Gasteiger charge is 2.30. The molecule has 0 aliphatic heterocycles. The topological polar surface area (TPSA) is 57.7 Å². The summed E-state index contributed by atoms with van der Waals surface area (Å²) in [6, 6.07) is 14.2. The smallest absolute Gasteiger partial charge is 0.246 e. The number of aryl methyl sites for hydroxylation is 2. The third-order valence-electron chi connectivity index (χ3n) is 4.27. The zero-order valence-corrected chi connectivity index (χ0v) is 16.7. The van der Waals surface area contributed by atoms with Crippen molar-refractivity contribution in [3.63, 3.8) is 0 Å². The van der Waals surface area contributed by atoms with E-state index in [4.69, 9.17) is 0 Å². The minimum Gasteiger partial charge on any atom is -0.340 e. The molecule has 5 nitrogen and oxygen atoms in total. The first-order valence-electron chi connectivity index (χ1n) is 8.46. The van der Waals surface area contributed by atoms with Crippen molar-refractivity contribution in [1.82, 2.24) is 4.90 Å². The fourth-order valence-corrected chi connectivity index (χ4v) is 4.03. The van der Waals surface area contributed by atoms with Crippen LogP contribution in [0.4, 0.5) is 5.69 Å². The van der Waals surface area contributed by atoms with E-state index < -0.39 is 16.1 Å². The van der Waals surface area contributed by atoms with Gasteiger partial charge in [-0.2, -0.15) is 0 Å². The molecule has 0 fully saturated rings. The van der Waals surface area contributed by atoms with E-state index in [2.05, 4.69) is 0 Å². The molecule has 0 unspecified atom stereocenters. The molecule has 0 spiro atoms. The number of nitrogens with zero attached hydrogens (tertiary/aromatic N) is 2. The van der Waals surface area contributed by atoms with Crippen molar-refractivity contribution in [2.45, 2.75) is 33.4 Å². The van der Waals surface area contributed by atoms with Gasteiger partial charge in [-0.25, -0.2) is 8.42 Å². The number of anilines is 1. The van der Waals surface area contributed by atoms with E-state index in [1.165, 1.54) is 4.31 Å². The number of sulfonamides is 1. The summed E-state index contributed by atoms with van der Waals surface area (Å²) in [7, 11) is -1.91. The molecule has 0 aromatic heterocycles. The normalized spacial score (nSPS) is 12.5. The molecular formula is C20H26N2O3S. The van der Waals surface area contributed by atoms with Crippen molar-refractivity contribution in [3.05, 3.63) is 65.2 Å². The zero-order valence-electron chi connectivity index (χ0n) is 15.9. The molecule has 0 aliphatic carbocycles. The van der Waals surface area contributed by atoms with Crippen LogP contribution in [-0.2, 0) is 21.4 Å². The maximum absolute atomic E-state index is 12.9. The van der Waals surface area contributed by atoms with Crippen molar-refractivity contribution in [2.75, 3.05) is 17.6 Å². The van der Waals surface area contributed by atoms with Crippen molar-refractivity contribution in [2.24, 2.45) is 0 Å². The lowest BCUT2D eigenvalue weighted by Gasteiger charge is -2.31. The number of rotatable bonds is 6. The molecule has 6 heteroatoms. The van der Waals surface area contributed by atoms with E-state index in [-0.39, 0.29) is 5.91 Å². The van der Waals surface area contributed by atoms with Gasteiger partial charge in [0.05, 0.1) is 11.9 Å². The van der Waals surface area contributed by atoms with Crippen molar-refractivity contribution in [3.8, 4) is 0 Å². The quantitative estimate of drug-likeness (QED) is 0.781. The Labute approximate surface area is 156 Å². The van der Waals surface area contributed by atoms with Crippen LogP contribution in [0.3, 0.4) is 0 Å². The number of hydrogen-bond donors (Lipinski definition) is 0. The molecule has 140 valence electrons. The standard InChI is InChI=1S/C20H26N2O3S/c1-15-6-10-18(11-7-15)14-21(4)20(23)17(3)22(26(5,24)25)19-12-8-16(2)9-13-19/h6-13,17H,14H2,1-5H3/t17-/m0/s1. The van der Waals surface area contributed by atoms with Gasteiger partial charge in [-0.05, 0) is 38.5 Å². The van der Waals surface area contributed by atoms with Crippen molar-refractivity contribution in [1.29, 1.82) is 0 Å². The number of likely N-dealkylation sites (N-methyl/N-ethyl adjacent to an activating group) is 1. The van der Waals surface area contributed by atoms with Crippen LogP contribution < -0.4 is 4.31 Å². The summed E-state index contributed by atoms with van der Waals surface area (Å²) in [5.41, 5.74) is 3.67. The number of amides is 1. The molecule has 2 rings (SSSR count). The van der Waals surface area contributed by atoms with Gasteiger partial charge in [-0.15, -0.1) is 0 Å². The minimum atomic E-state index is -3.60. The Bertz CT molecular complexity index is 859. The predicted octanol–water partition coefficient (Wildman–Crippen LogP) is 3.12. The highest BCUT2D eigenvalue weighted by molar-refractivity contribution is 7.92. The van der Waals surface area contributed by atoms with Gasteiger partial charge in [0.1, 0.15) is 6.04 Å². The predicted molar refractivity (Wildman–Crippen MR) is 106 cm³/mol. The molecule has 0 N–H and O–H groups in total. The number of carbonyl (C=O) groups is 1.